The number of hydrogen-bond donors (Lipinski definition) is 0. The molecule has 1 fully saturated rings. The largest absolute Gasteiger partial charge is 0.368 e. The van der Waals surface area contributed by atoms with Crippen molar-refractivity contribution in [2.45, 2.75) is 25.4 Å². The average Bonchev–Trinajstić information content (AvgIpc) is 3.68. The van der Waals surface area contributed by atoms with E-state index in [1.165, 1.54) is 27.4 Å². The van der Waals surface area contributed by atoms with Crippen molar-refractivity contribution < 1.29 is 9.59 Å². The fourth-order valence-corrected chi connectivity index (χ4v) is 6.90. The molecular formula is C31H28N4O2S. The summed E-state index contributed by atoms with van der Waals surface area (Å²) in [4.78, 5) is 37.8. The number of nitrogens with zero attached hydrogens (tertiary/aromatic N) is 4. The Hall–Kier alpha value is -3.81. The molecule has 0 unspecified atom stereocenters. The number of rotatable bonds is 5. The molecule has 0 spiro atoms. The minimum Gasteiger partial charge on any atom is -0.368 e. The maximum Gasteiger partial charge on any atom is 0.264 e. The van der Waals surface area contributed by atoms with Gasteiger partial charge in [-0.3, -0.25) is 19.4 Å². The first-order chi connectivity index (χ1) is 18.7. The molecule has 0 atom stereocenters. The van der Waals surface area contributed by atoms with E-state index in [9.17, 15) is 9.59 Å². The molecule has 0 radical (unpaired) electrons. The summed E-state index contributed by atoms with van der Waals surface area (Å²) < 4.78 is 0. The van der Waals surface area contributed by atoms with Crippen molar-refractivity contribution in [3.63, 3.8) is 0 Å². The van der Waals surface area contributed by atoms with Crippen LogP contribution in [0.2, 0.25) is 0 Å². The van der Waals surface area contributed by atoms with E-state index in [4.69, 9.17) is 4.98 Å². The summed E-state index contributed by atoms with van der Waals surface area (Å²) in [6, 6.07) is 24.9. The van der Waals surface area contributed by atoms with Gasteiger partial charge in [0.1, 0.15) is 5.01 Å². The van der Waals surface area contributed by atoms with Crippen molar-refractivity contribution >= 4 is 28.8 Å². The van der Waals surface area contributed by atoms with Gasteiger partial charge in [0.2, 0.25) is 0 Å². The molecule has 1 saturated heterocycles. The van der Waals surface area contributed by atoms with Gasteiger partial charge in [-0.15, -0.1) is 11.3 Å². The van der Waals surface area contributed by atoms with Crippen LogP contribution in [0.5, 0.6) is 0 Å². The summed E-state index contributed by atoms with van der Waals surface area (Å²) >= 11 is 1.48. The number of hydrogen-bond acceptors (Lipinski definition) is 6. The first-order valence-electron chi connectivity index (χ1n) is 13.2. The zero-order chi connectivity index (χ0) is 25.6. The van der Waals surface area contributed by atoms with E-state index in [0.29, 0.717) is 17.2 Å². The summed E-state index contributed by atoms with van der Waals surface area (Å²) in [5.41, 5.74) is 6.76. The first-order valence-corrected chi connectivity index (χ1v) is 14.1. The van der Waals surface area contributed by atoms with Gasteiger partial charge in [-0.1, -0.05) is 60.7 Å². The van der Waals surface area contributed by atoms with Gasteiger partial charge in [-0.25, -0.2) is 4.98 Å². The first kappa shape index (κ1) is 23.3. The van der Waals surface area contributed by atoms with Crippen molar-refractivity contribution in [2.24, 2.45) is 0 Å². The number of benzene rings is 3. The van der Waals surface area contributed by atoms with Crippen LogP contribution in [-0.2, 0) is 19.4 Å². The summed E-state index contributed by atoms with van der Waals surface area (Å²) in [5, 5.41) is 2.74. The van der Waals surface area contributed by atoms with E-state index in [2.05, 4.69) is 34.1 Å². The Morgan fingerprint density at radius 1 is 0.789 bits per heavy atom. The lowest BCUT2D eigenvalue weighted by molar-refractivity contribution is 0.0642. The van der Waals surface area contributed by atoms with Crippen LogP contribution in [0.3, 0.4) is 0 Å². The second-order valence-electron chi connectivity index (χ2n) is 10.2. The van der Waals surface area contributed by atoms with Gasteiger partial charge in [0, 0.05) is 43.2 Å². The highest BCUT2D eigenvalue weighted by Crippen LogP contribution is 2.35. The molecule has 0 bridgehead atoms. The molecule has 6 nitrogen and oxygen atoms in total. The van der Waals surface area contributed by atoms with E-state index in [-0.39, 0.29) is 18.4 Å². The van der Waals surface area contributed by atoms with Crippen molar-refractivity contribution in [1.82, 2.24) is 14.8 Å². The fourth-order valence-electron chi connectivity index (χ4n) is 6.10. The molecule has 3 heterocycles. The Morgan fingerprint density at radius 3 is 2.24 bits per heavy atom. The standard InChI is InChI=1S/C31H28N4O2S/c36-30-25-11-6-12-27(34-15-13-33(14-16-34)24-17-22-9-4-5-10-23(22)18-24)29(25)31(37)35(30)19-28-32-26(20-38-28)21-7-2-1-3-8-21/h1-12,20,24H,13-19H2. The molecule has 7 rings (SSSR count). The Morgan fingerprint density at radius 2 is 1.50 bits per heavy atom. The highest BCUT2D eigenvalue weighted by molar-refractivity contribution is 7.10. The predicted molar refractivity (Wildman–Crippen MR) is 150 cm³/mol. The lowest BCUT2D eigenvalue weighted by Crippen LogP contribution is -2.51. The average molecular weight is 521 g/mol. The van der Waals surface area contributed by atoms with Crippen LogP contribution in [-0.4, -0.2) is 58.8 Å². The fraction of sp³-hybridized carbons (Fsp3) is 0.258. The molecule has 4 aromatic rings. The Kier molecular flexibility index (Phi) is 5.82. The van der Waals surface area contributed by atoms with Gasteiger partial charge in [0.15, 0.2) is 0 Å². The quantitative estimate of drug-likeness (QED) is 0.351. The zero-order valence-corrected chi connectivity index (χ0v) is 21.9. The van der Waals surface area contributed by atoms with E-state index in [1.807, 2.05) is 47.8 Å². The summed E-state index contributed by atoms with van der Waals surface area (Å²) in [7, 11) is 0. The molecule has 38 heavy (non-hydrogen) atoms. The van der Waals surface area contributed by atoms with Gasteiger partial charge < -0.3 is 4.90 Å². The number of amides is 2. The third kappa shape index (κ3) is 4.03. The van der Waals surface area contributed by atoms with Crippen LogP contribution in [0.4, 0.5) is 5.69 Å². The molecule has 3 aliphatic rings. The van der Waals surface area contributed by atoms with Gasteiger partial charge in [0.25, 0.3) is 11.8 Å². The second-order valence-corrected chi connectivity index (χ2v) is 11.2. The summed E-state index contributed by atoms with van der Waals surface area (Å²) in [5.74, 6) is -0.448. The maximum absolute atomic E-state index is 13.6. The monoisotopic (exact) mass is 520 g/mol. The highest BCUT2D eigenvalue weighted by Gasteiger charge is 2.39. The van der Waals surface area contributed by atoms with E-state index in [0.717, 1.165) is 61.0 Å². The van der Waals surface area contributed by atoms with Crippen LogP contribution in [0.25, 0.3) is 11.3 Å². The van der Waals surface area contributed by atoms with Crippen molar-refractivity contribution in [3.05, 3.63) is 105 Å². The summed E-state index contributed by atoms with van der Waals surface area (Å²) in [6.45, 7) is 3.79. The molecule has 2 aliphatic heterocycles. The van der Waals surface area contributed by atoms with Crippen LogP contribution in [0.15, 0.2) is 78.2 Å². The third-order valence-electron chi connectivity index (χ3n) is 8.09. The molecule has 190 valence electrons. The van der Waals surface area contributed by atoms with Crippen molar-refractivity contribution in [2.75, 3.05) is 31.1 Å². The van der Waals surface area contributed by atoms with Gasteiger partial charge >= 0.3 is 0 Å². The molecule has 0 saturated carbocycles. The van der Waals surface area contributed by atoms with Crippen LogP contribution in [0, 0.1) is 0 Å². The number of anilines is 1. The minimum absolute atomic E-state index is 0.194. The van der Waals surface area contributed by atoms with E-state index >= 15 is 0 Å². The van der Waals surface area contributed by atoms with Crippen molar-refractivity contribution in [1.29, 1.82) is 0 Å². The molecular weight excluding hydrogens is 492 g/mol. The van der Waals surface area contributed by atoms with Gasteiger partial charge in [-0.05, 0) is 36.1 Å². The number of imide groups is 1. The zero-order valence-electron chi connectivity index (χ0n) is 21.0. The number of piperazine rings is 1. The lowest BCUT2D eigenvalue weighted by Gasteiger charge is -2.39. The Bertz CT molecular complexity index is 1500. The van der Waals surface area contributed by atoms with Gasteiger partial charge in [0.05, 0.1) is 29.1 Å². The number of carbonyl (C=O) groups is 2. The Balaban J connectivity index is 1.06. The molecule has 1 aromatic heterocycles. The molecule has 2 amide bonds. The minimum atomic E-state index is -0.231. The smallest absolute Gasteiger partial charge is 0.264 e. The molecule has 0 N–H and O–H groups in total. The van der Waals surface area contributed by atoms with Crippen LogP contribution < -0.4 is 4.90 Å². The summed E-state index contributed by atoms with van der Waals surface area (Å²) in [6.07, 6.45) is 2.23. The van der Waals surface area contributed by atoms with Crippen LogP contribution in [0.1, 0.15) is 36.9 Å². The van der Waals surface area contributed by atoms with Gasteiger partial charge in [-0.2, -0.15) is 0 Å². The van der Waals surface area contributed by atoms with Crippen LogP contribution >= 0.6 is 11.3 Å². The molecule has 7 heteroatoms. The molecule has 3 aromatic carbocycles. The highest BCUT2D eigenvalue weighted by atomic mass is 32.1. The van der Waals surface area contributed by atoms with E-state index < -0.39 is 0 Å². The predicted octanol–water partition coefficient (Wildman–Crippen LogP) is 4.90. The lowest BCUT2D eigenvalue weighted by atomic mass is 10.1. The number of aromatic nitrogens is 1. The maximum atomic E-state index is 13.6. The SMILES string of the molecule is O=C1c2cccc(N3CCN(C4Cc5ccccc5C4)CC3)c2C(=O)N1Cc1nc(-c2ccccc2)cs1. The number of thiazole rings is 1. The number of fused-ring (bicyclic) bond motifs is 2. The van der Waals surface area contributed by atoms with E-state index in [1.54, 1.807) is 6.07 Å². The molecule has 1 aliphatic carbocycles. The third-order valence-corrected chi connectivity index (χ3v) is 8.93. The Labute approximate surface area is 226 Å². The number of carbonyl (C=O) groups excluding carboxylic acids is 2. The van der Waals surface area contributed by atoms with Crippen molar-refractivity contribution in [3.8, 4) is 11.3 Å². The second kappa shape index (κ2) is 9.49. The topological polar surface area (TPSA) is 56.8 Å². The normalized spacial score (nSPS) is 17.8.